The number of aliphatic hydroxyl groups is 3. The van der Waals surface area contributed by atoms with Gasteiger partial charge >= 0.3 is 11.9 Å². The lowest BCUT2D eigenvalue weighted by molar-refractivity contribution is -0.315. The number of rotatable bonds is 9. The number of furan rings is 1. The van der Waals surface area contributed by atoms with Gasteiger partial charge in [-0.1, -0.05) is 93.9 Å². The zero-order valence-corrected chi connectivity index (χ0v) is 54.5. The van der Waals surface area contributed by atoms with E-state index in [2.05, 4.69) is 91.5 Å². The Balaban J connectivity index is 0.810. The van der Waals surface area contributed by atoms with Crippen molar-refractivity contribution in [3.63, 3.8) is 0 Å². The molecule has 15 fully saturated rings. The van der Waals surface area contributed by atoms with E-state index < -0.39 is 98.6 Å². The number of aliphatic hydroxyl groups excluding tert-OH is 3. The van der Waals surface area contributed by atoms with Gasteiger partial charge in [0.05, 0.1) is 54.9 Å². The number of hydrogen-bond acceptors (Lipinski definition) is 13. The third kappa shape index (κ3) is 6.71. The molecule has 13 nitrogen and oxygen atoms in total. The summed E-state index contributed by atoms with van der Waals surface area (Å²) < 4.78 is 38.1. The lowest BCUT2D eigenvalue weighted by atomic mass is 9.28. The predicted octanol–water partition coefficient (Wildman–Crippen LogP) is 10.8. The molecule has 7 aliphatic heterocycles. The summed E-state index contributed by atoms with van der Waals surface area (Å²) in [5.74, 6) is 7.78. The SMILES string of the molecule is C[C@H]1[C@H]([C@@H]2C=C3C[C@H]4CC5(CCCC5)C[C@]45C[C@H]4C[C@]6(C)[C@]78O[C@@H]7C(=O)O[C@]6(c6ccoc6C[C@@H]([C@@H]6CC[C@H]7[C@H](C=CN9CNC[C@H]79)C6)[C@H](O)CO)CC#C[C@H]6CC[C@@H](Cc7ccccc7)C[C@H]6[C@]86[C@H](O)C(=O)[C@@H]7[C@@]2(C)O[C@]32[C@H]5C(=O)OC[C@@]72[C@@H]46)CC[C@@H]2CCC[C@@H]21. The second-order valence-corrected chi connectivity index (χ2v) is 35.5. The Morgan fingerprint density at radius 2 is 1.73 bits per heavy atom. The fourth-order valence-corrected chi connectivity index (χ4v) is 30.4. The Labute approximate surface area is 543 Å². The molecule has 92 heavy (non-hydrogen) atoms. The first kappa shape index (κ1) is 57.9. The molecule has 11 aliphatic carbocycles. The van der Waals surface area contributed by atoms with Crippen LogP contribution in [0.2, 0.25) is 0 Å². The van der Waals surface area contributed by atoms with Gasteiger partial charge in [0.1, 0.15) is 29.7 Å². The summed E-state index contributed by atoms with van der Waals surface area (Å²) >= 11 is 0. The summed E-state index contributed by atoms with van der Waals surface area (Å²) in [6.45, 7) is 8.58. The van der Waals surface area contributed by atoms with Crippen molar-refractivity contribution in [2.24, 2.45) is 128 Å². The van der Waals surface area contributed by atoms with Crippen molar-refractivity contribution < 1.29 is 53.1 Å². The van der Waals surface area contributed by atoms with Crippen LogP contribution in [0.1, 0.15) is 172 Å². The number of ketones is 1. The number of fused-ring (bicyclic) bond motifs is 7. The van der Waals surface area contributed by atoms with Crippen LogP contribution in [-0.4, -0.2) is 106 Å². The van der Waals surface area contributed by atoms with E-state index >= 15 is 19.5 Å². The Kier molecular flexibility index (Phi) is 12.1. The molecule has 5 saturated heterocycles. The molecule has 13 heteroatoms. The molecule has 1 aromatic heterocycles. The van der Waals surface area contributed by atoms with Crippen LogP contribution in [0.25, 0.3) is 0 Å². The van der Waals surface area contributed by atoms with Gasteiger partial charge in [-0.05, 0) is 227 Å². The summed E-state index contributed by atoms with van der Waals surface area (Å²) in [6.07, 6.45) is 26.7. The number of epoxide rings is 1. The molecule has 9 bridgehead atoms. The van der Waals surface area contributed by atoms with Crippen LogP contribution >= 0.6 is 0 Å². The van der Waals surface area contributed by atoms with E-state index in [9.17, 15) is 10.2 Å². The van der Waals surface area contributed by atoms with E-state index in [-0.39, 0.29) is 77.5 Å². The zero-order chi connectivity index (χ0) is 62.1. The highest BCUT2D eigenvalue weighted by atomic mass is 16.7. The number of carbonyl (C=O) groups excluding carboxylic acids is 3. The van der Waals surface area contributed by atoms with Crippen molar-refractivity contribution in [3.05, 3.63) is 83.5 Å². The van der Waals surface area contributed by atoms with E-state index in [1.54, 1.807) is 6.26 Å². The first-order valence-electron chi connectivity index (χ1n) is 37.3. The van der Waals surface area contributed by atoms with Crippen molar-refractivity contribution in [1.82, 2.24) is 10.2 Å². The highest BCUT2D eigenvalue weighted by Gasteiger charge is 3.00. The number of carbonyl (C=O) groups is 3. The van der Waals surface area contributed by atoms with E-state index in [0.717, 1.165) is 108 Å². The Morgan fingerprint density at radius 3 is 2.58 bits per heavy atom. The van der Waals surface area contributed by atoms with Crippen molar-refractivity contribution in [2.45, 2.75) is 215 Å². The standard InChI is InChI=1S/C79H98N2O11/c1-43-53-15-9-13-46(53)18-20-54(43)59-33-51-32-52-37-73(24-7-8-25-73)40-74(52)36-50-35-71(2)76(57-23-28-88-62(57)34-56(61(83)39-82)48-19-21-55-49(31-48)22-27-81-42-80-38-60(55)81)26-10-14-47-17-16-45(29-44-11-5-4-6-12-44)30-58(47)77(79(71)68(90-79)70(87)91-76)64(50)75-41-89-69(86)66(74)78(51,75)92-72(59,3)65(75)63(84)67(77)85/h4-6,11-12,22-23,27-28,33,43,45-50,52-56,58-61,64-68,80,82-83,85H,7-9,13,15-21,24-26,29-32,34-42H2,1-3H3/t43-,45+,46+,47+,48-,49-,50-,52+,53-,54-,55+,56+,58-,59+,60-,61-,64-,65-,66+,67-,68-,71+,72+,74-,75-,76+,77+,78+,79-/m1/s1. The highest BCUT2D eigenvalue weighted by Crippen LogP contribution is 2.92. The number of nitrogens with zero attached hydrogens (tertiary/aromatic N) is 1. The molecule has 10 saturated carbocycles. The van der Waals surface area contributed by atoms with Crippen LogP contribution in [0, 0.1) is 140 Å². The van der Waals surface area contributed by atoms with Crippen LogP contribution in [0.4, 0.5) is 0 Å². The second kappa shape index (κ2) is 19.3. The van der Waals surface area contributed by atoms with Crippen LogP contribution in [0.5, 0.6) is 0 Å². The average molecular weight is 1250 g/mol. The molecule has 18 aliphatic rings. The minimum absolute atomic E-state index is 0.0310. The summed E-state index contributed by atoms with van der Waals surface area (Å²) in [5.41, 5.74) is -6.06. The molecular formula is C79H98N2O11. The van der Waals surface area contributed by atoms with Gasteiger partial charge in [-0.25, -0.2) is 4.79 Å². The van der Waals surface area contributed by atoms with Gasteiger partial charge in [0, 0.05) is 47.2 Å². The number of ether oxygens (including phenoxy) is 4. The molecule has 4 N–H and O–H groups in total. The van der Waals surface area contributed by atoms with Crippen LogP contribution in [-0.2, 0) is 51.8 Å². The van der Waals surface area contributed by atoms with Gasteiger partial charge in [0.25, 0.3) is 0 Å². The number of hydrogen-bond donors (Lipinski definition) is 4. The third-order valence-electron chi connectivity index (χ3n) is 32.9. The average Bonchev–Trinajstić information content (AvgIpc) is 1.38. The lowest BCUT2D eigenvalue weighted by Crippen LogP contribution is -2.83. The molecule has 0 radical (unpaired) electrons. The van der Waals surface area contributed by atoms with Crippen molar-refractivity contribution in [2.75, 3.05) is 26.4 Å². The molecule has 0 unspecified atom stereocenters. The Morgan fingerprint density at radius 1 is 0.880 bits per heavy atom. The fraction of sp³-hybridized carbons (Fsp3) is 0.759. The van der Waals surface area contributed by atoms with Crippen LogP contribution < -0.4 is 5.32 Å². The first-order valence-corrected chi connectivity index (χ1v) is 37.3. The molecular weight excluding hydrogens is 1150 g/mol. The summed E-state index contributed by atoms with van der Waals surface area (Å²) in [6, 6.07) is 13.3. The number of cyclic esters (lactones) is 1. The molecule has 8 heterocycles. The third-order valence-corrected chi connectivity index (χ3v) is 32.9. The van der Waals surface area contributed by atoms with Crippen molar-refractivity contribution >= 4 is 17.7 Å². The van der Waals surface area contributed by atoms with E-state index in [4.69, 9.17) is 23.4 Å². The molecule has 2 aromatic rings. The lowest BCUT2D eigenvalue weighted by Gasteiger charge is -2.74. The van der Waals surface area contributed by atoms with Gasteiger partial charge in [-0.2, -0.15) is 0 Å². The molecule has 29 atom stereocenters. The highest BCUT2D eigenvalue weighted by molar-refractivity contribution is 5.94. The van der Waals surface area contributed by atoms with E-state index in [0.29, 0.717) is 54.7 Å². The number of Topliss-reactive ketones (excluding diaryl/α,β-unsaturated/α-hetero) is 1. The minimum Gasteiger partial charge on any atom is -0.469 e. The van der Waals surface area contributed by atoms with Gasteiger partial charge in [0.15, 0.2) is 17.5 Å². The summed E-state index contributed by atoms with van der Waals surface area (Å²) in [7, 11) is 0. The molecule has 490 valence electrons. The van der Waals surface area contributed by atoms with Gasteiger partial charge in [-0.3, -0.25) is 14.9 Å². The second-order valence-electron chi connectivity index (χ2n) is 35.5. The normalized spacial score (nSPS) is 53.2. The Bertz CT molecular complexity index is 3580. The molecule has 20 rings (SSSR count). The maximum atomic E-state index is 17.9. The minimum atomic E-state index is -1.57. The van der Waals surface area contributed by atoms with Crippen LogP contribution in [0.15, 0.2) is 71.0 Å². The summed E-state index contributed by atoms with van der Waals surface area (Å²) in [5, 5.41) is 42.1. The largest absolute Gasteiger partial charge is 0.469 e. The van der Waals surface area contributed by atoms with Crippen molar-refractivity contribution in [1.29, 1.82) is 0 Å². The monoisotopic (exact) mass is 1250 g/mol. The van der Waals surface area contributed by atoms with E-state index in [1.807, 2.05) is 6.07 Å². The van der Waals surface area contributed by atoms with E-state index in [1.165, 1.54) is 49.7 Å². The van der Waals surface area contributed by atoms with Crippen LogP contribution in [0.3, 0.4) is 0 Å². The number of nitrogens with one attached hydrogen (secondary N) is 1. The maximum absolute atomic E-state index is 17.9. The van der Waals surface area contributed by atoms with Gasteiger partial charge < -0.3 is 43.6 Å². The number of esters is 2. The smallest absolute Gasteiger partial charge is 0.339 e. The quantitative estimate of drug-likeness (QED) is 0.0807. The van der Waals surface area contributed by atoms with Gasteiger partial charge in [-0.15, -0.1) is 0 Å². The predicted molar refractivity (Wildman–Crippen MR) is 339 cm³/mol. The maximum Gasteiger partial charge on any atom is 0.339 e. The molecule has 1 aromatic carbocycles. The first-order chi connectivity index (χ1) is 44.6. The fourth-order valence-electron chi connectivity index (χ4n) is 30.4. The number of allylic oxidation sites excluding steroid dienone is 1. The summed E-state index contributed by atoms with van der Waals surface area (Å²) in [4.78, 5) is 53.0. The topological polar surface area (TPSA) is 181 Å². The molecule has 6 spiro atoms. The van der Waals surface area contributed by atoms with Gasteiger partial charge in [0.2, 0.25) is 0 Å². The Hall–Kier alpha value is -4.29. The van der Waals surface area contributed by atoms with Crippen molar-refractivity contribution in [3.8, 4) is 11.8 Å². The zero-order valence-electron chi connectivity index (χ0n) is 54.5. The number of benzene rings is 1. The molecule has 0 amide bonds.